The largest absolute Gasteiger partial charge is 0.279 e. The molecule has 23 heavy (non-hydrogen) atoms. The predicted octanol–water partition coefficient (Wildman–Crippen LogP) is 3.57. The molecule has 1 N–H and O–H groups in total. The summed E-state index contributed by atoms with van der Waals surface area (Å²) in [6.07, 6.45) is 1.53. The molecule has 0 saturated carbocycles. The van der Waals surface area contributed by atoms with Gasteiger partial charge in [0.2, 0.25) is 0 Å². The second-order valence-corrected chi connectivity index (χ2v) is 8.07. The number of aromatic nitrogens is 2. The van der Waals surface area contributed by atoms with Crippen molar-refractivity contribution in [3.63, 3.8) is 0 Å². The zero-order chi connectivity index (χ0) is 16.6. The van der Waals surface area contributed by atoms with Gasteiger partial charge in [-0.3, -0.25) is 9.40 Å². The Morgan fingerprint density at radius 2 is 1.87 bits per heavy atom. The summed E-state index contributed by atoms with van der Waals surface area (Å²) in [5.41, 5.74) is 3.04. The van der Waals surface area contributed by atoms with E-state index in [1.54, 1.807) is 7.05 Å². The molecule has 0 unspecified atom stereocenters. The summed E-state index contributed by atoms with van der Waals surface area (Å²) < 4.78 is 29.8. The normalized spacial score (nSPS) is 11.6. The summed E-state index contributed by atoms with van der Waals surface area (Å²) in [5, 5.41) is 6.20. The number of thiophene rings is 1. The summed E-state index contributed by atoms with van der Waals surface area (Å²) in [6, 6.07) is 9.36. The molecule has 0 radical (unpaired) electrons. The Kier molecular flexibility index (Phi) is 3.99. The number of hydrogen-bond donors (Lipinski definition) is 1. The van der Waals surface area contributed by atoms with Crippen molar-refractivity contribution >= 4 is 27.0 Å². The number of hydrogen-bond acceptors (Lipinski definition) is 4. The molecule has 0 aliphatic rings. The number of nitrogens with zero attached hydrogens (tertiary/aromatic N) is 2. The topological polar surface area (TPSA) is 64.0 Å². The van der Waals surface area contributed by atoms with Crippen molar-refractivity contribution in [3.05, 3.63) is 53.0 Å². The molecule has 7 heteroatoms. The van der Waals surface area contributed by atoms with E-state index in [1.807, 2.05) is 49.6 Å². The molecular formula is C16H17N3O2S2. The molecule has 0 fully saturated rings. The first-order valence-electron chi connectivity index (χ1n) is 7.04. The Hall–Kier alpha value is -2.12. The third-order valence-electron chi connectivity index (χ3n) is 3.31. The van der Waals surface area contributed by atoms with Gasteiger partial charge in [-0.15, -0.1) is 11.3 Å². The van der Waals surface area contributed by atoms with Crippen LogP contribution in [0.5, 0.6) is 0 Å². The van der Waals surface area contributed by atoms with Crippen LogP contribution >= 0.6 is 11.3 Å². The van der Waals surface area contributed by atoms with E-state index in [4.69, 9.17) is 0 Å². The molecule has 0 saturated heterocycles. The van der Waals surface area contributed by atoms with Gasteiger partial charge in [-0.2, -0.15) is 5.10 Å². The van der Waals surface area contributed by atoms with E-state index < -0.39 is 10.0 Å². The van der Waals surface area contributed by atoms with Gasteiger partial charge in [-0.05, 0) is 48.6 Å². The highest BCUT2D eigenvalue weighted by molar-refractivity contribution is 7.92. The monoisotopic (exact) mass is 347 g/mol. The van der Waals surface area contributed by atoms with Crippen molar-refractivity contribution in [1.82, 2.24) is 9.78 Å². The first kappa shape index (κ1) is 15.8. The molecular weight excluding hydrogens is 330 g/mol. The average molecular weight is 347 g/mol. The van der Waals surface area contributed by atoms with E-state index >= 15 is 0 Å². The van der Waals surface area contributed by atoms with Crippen LogP contribution < -0.4 is 4.72 Å². The summed E-state index contributed by atoms with van der Waals surface area (Å²) in [7, 11) is -1.99. The molecule has 1 aromatic carbocycles. The Morgan fingerprint density at radius 1 is 1.17 bits per heavy atom. The molecule has 120 valence electrons. The van der Waals surface area contributed by atoms with Gasteiger partial charge in [-0.1, -0.05) is 12.1 Å². The maximum absolute atomic E-state index is 12.8. The highest BCUT2D eigenvalue weighted by Crippen LogP contribution is 2.30. The molecule has 0 spiro atoms. The highest BCUT2D eigenvalue weighted by atomic mass is 32.2. The standard InChI is InChI=1S/C16H17N3O2S2/c1-11-7-12(2)9-13(8-11)18-23(20,21)15-10-19(3)17-16(15)14-5-4-6-22-14/h4-10,18H,1-3H3. The maximum Gasteiger partial charge on any atom is 0.265 e. The van der Waals surface area contributed by atoms with Crippen LogP contribution in [0.1, 0.15) is 11.1 Å². The zero-order valence-corrected chi connectivity index (χ0v) is 14.7. The van der Waals surface area contributed by atoms with E-state index in [1.165, 1.54) is 22.2 Å². The Morgan fingerprint density at radius 3 is 2.48 bits per heavy atom. The molecule has 0 amide bonds. The van der Waals surface area contributed by atoms with Crippen LogP contribution in [0.25, 0.3) is 10.6 Å². The van der Waals surface area contributed by atoms with Gasteiger partial charge < -0.3 is 0 Å². The molecule has 3 rings (SSSR count). The zero-order valence-electron chi connectivity index (χ0n) is 13.1. The molecule has 0 aliphatic carbocycles. The minimum absolute atomic E-state index is 0.182. The lowest BCUT2D eigenvalue weighted by Crippen LogP contribution is -2.13. The van der Waals surface area contributed by atoms with E-state index in [-0.39, 0.29) is 4.90 Å². The van der Waals surface area contributed by atoms with Gasteiger partial charge in [-0.25, -0.2) is 8.42 Å². The molecule has 2 heterocycles. The second kappa shape index (κ2) is 5.82. The minimum atomic E-state index is -3.71. The van der Waals surface area contributed by atoms with Crippen molar-refractivity contribution < 1.29 is 8.42 Å². The summed E-state index contributed by atoms with van der Waals surface area (Å²) >= 11 is 1.46. The lowest BCUT2D eigenvalue weighted by atomic mass is 10.1. The van der Waals surface area contributed by atoms with E-state index in [2.05, 4.69) is 9.82 Å². The van der Waals surface area contributed by atoms with Gasteiger partial charge in [0.25, 0.3) is 10.0 Å². The second-order valence-electron chi connectivity index (χ2n) is 5.47. The quantitative estimate of drug-likeness (QED) is 0.785. The Balaban J connectivity index is 2.04. The highest BCUT2D eigenvalue weighted by Gasteiger charge is 2.24. The van der Waals surface area contributed by atoms with Crippen LogP contribution in [0.4, 0.5) is 5.69 Å². The van der Waals surface area contributed by atoms with Gasteiger partial charge in [0, 0.05) is 18.9 Å². The minimum Gasteiger partial charge on any atom is -0.279 e. The van der Waals surface area contributed by atoms with E-state index in [0.717, 1.165) is 16.0 Å². The number of aryl methyl sites for hydroxylation is 3. The number of benzene rings is 1. The lowest BCUT2D eigenvalue weighted by Gasteiger charge is -2.09. The van der Waals surface area contributed by atoms with Crippen LogP contribution in [-0.2, 0) is 17.1 Å². The van der Waals surface area contributed by atoms with Gasteiger partial charge in [0.15, 0.2) is 0 Å². The Bertz CT molecular complexity index is 922. The van der Waals surface area contributed by atoms with Gasteiger partial charge in [0.1, 0.15) is 10.6 Å². The fourth-order valence-corrected chi connectivity index (χ4v) is 4.51. The molecule has 0 atom stereocenters. The SMILES string of the molecule is Cc1cc(C)cc(NS(=O)(=O)c2cn(C)nc2-c2cccs2)c1. The number of nitrogens with one attached hydrogen (secondary N) is 1. The fraction of sp³-hybridized carbons (Fsp3) is 0.188. The van der Waals surface area contributed by atoms with Crippen LogP contribution in [0.3, 0.4) is 0 Å². The maximum atomic E-state index is 12.8. The molecule has 5 nitrogen and oxygen atoms in total. The molecule has 3 aromatic rings. The summed E-state index contributed by atoms with van der Waals surface area (Å²) in [4.78, 5) is 1.01. The van der Waals surface area contributed by atoms with Gasteiger partial charge >= 0.3 is 0 Å². The average Bonchev–Trinajstić information content (AvgIpc) is 3.05. The summed E-state index contributed by atoms with van der Waals surface area (Å²) in [6.45, 7) is 3.87. The van der Waals surface area contributed by atoms with Crippen LogP contribution in [0.2, 0.25) is 0 Å². The molecule has 0 bridgehead atoms. The van der Waals surface area contributed by atoms with Crippen molar-refractivity contribution in [2.45, 2.75) is 18.7 Å². The van der Waals surface area contributed by atoms with Crippen molar-refractivity contribution in [1.29, 1.82) is 0 Å². The summed E-state index contributed by atoms with van der Waals surface area (Å²) in [5.74, 6) is 0. The molecule has 0 aliphatic heterocycles. The predicted molar refractivity (Wildman–Crippen MR) is 93.2 cm³/mol. The van der Waals surface area contributed by atoms with Crippen molar-refractivity contribution in [3.8, 4) is 10.6 Å². The third kappa shape index (κ3) is 3.30. The van der Waals surface area contributed by atoms with Crippen LogP contribution in [-0.4, -0.2) is 18.2 Å². The molecule has 2 aromatic heterocycles. The number of sulfonamides is 1. The van der Waals surface area contributed by atoms with Crippen LogP contribution in [0, 0.1) is 13.8 Å². The van der Waals surface area contributed by atoms with E-state index in [0.29, 0.717) is 11.4 Å². The van der Waals surface area contributed by atoms with Crippen molar-refractivity contribution in [2.75, 3.05) is 4.72 Å². The fourth-order valence-electron chi connectivity index (χ4n) is 2.49. The number of rotatable bonds is 4. The number of anilines is 1. The first-order valence-corrected chi connectivity index (χ1v) is 9.40. The third-order valence-corrected chi connectivity index (χ3v) is 5.57. The van der Waals surface area contributed by atoms with Crippen LogP contribution in [0.15, 0.2) is 46.8 Å². The lowest BCUT2D eigenvalue weighted by molar-refractivity contribution is 0.601. The van der Waals surface area contributed by atoms with Gasteiger partial charge in [0.05, 0.1) is 4.88 Å². The first-order chi connectivity index (χ1) is 10.8. The van der Waals surface area contributed by atoms with Crippen molar-refractivity contribution in [2.24, 2.45) is 7.05 Å². The smallest absolute Gasteiger partial charge is 0.265 e. The Labute approximate surface area is 139 Å². The van der Waals surface area contributed by atoms with E-state index in [9.17, 15) is 8.42 Å².